The number of anilines is 2. The standard InChI is InChI=1S/C12H18N4O2S/c1-7-12(3,4-5-17)19-11(18)16(7)9-6-14-8(2)15-10(9)13/h6-7,17H,4-5H2,1-3H3,(H2,13,14,15). The number of nitrogens with zero attached hydrogens (tertiary/aromatic N) is 3. The van der Waals surface area contributed by atoms with Gasteiger partial charge in [0.2, 0.25) is 0 Å². The minimum absolute atomic E-state index is 0.0504. The zero-order valence-electron chi connectivity index (χ0n) is 11.3. The SMILES string of the molecule is Cc1ncc(N2C(=O)SC(C)(CCO)C2C)c(N)n1. The summed E-state index contributed by atoms with van der Waals surface area (Å²) in [5, 5.41) is 9.07. The van der Waals surface area contributed by atoms with Crippen molar-refractivity contribution < 1.29 is 9.90 Å². The van der Waals surface area contributed by atoms with E-state index in [2.05, 4.69) is 9.97 Å². The highest BCUT2D eigenvalue weighted by molar-refractivity contribution is 8.15. The first kappa shape index (κ1) is 14.1. The zero-order chi connectivity index (χ0) is 14.2. The molecule has 19 heavy (non-hydrogen) atoms. The van der Waals surface area contributed by atoms with Crippen molar-refractivity contribution in [3.63, 3.8) is 0 Å². The molecule has 1 saturated heterocycles. The Morgan fingerprint density at radius 2 is 2.32 bits per heavy atom. The molecule has 0 bridgehead atoms. The van der Waals surface area contributed by atoms with Crippen LogP contribution in [-0.4, -0.2) is 37.7 Å². The van der Waals surface area contributed by atoms with Gasteiger partial charge in [-0.3, -0.25) is 9.69 Å². The van der Waals surface area contributed by atoms with Crippen LogP contribution in [0.2, 0.25) is 0 Å². The summed E-state index contributed by atoms with van der Waals surface area (Å²) in [6.45, 7) is 5.73. The van der Waals surface area contributed by atoms with Crippen molar-refractivity contribution in [3.05, 3.63) is 12.0 Å². The number of aromatic nitrogens is 2. The Morgan fingerprint density at radius 1 is 1.63 bits per heavy atom. The maximum atomic E-state index is 12.2. The van der Waals surface area contributed by atoms with Crippen molar-refractivity contribution in [3.8, 4) is 0 Å². The number of aliphatic hydroxyl groups is 1. The summed E-state index contributed by atoms with van der Waals surface area (Å²) in [4.78, 5) is 22.0. The third-order valence-corrected chi connectivity index (χ3v) is 4.96. The number of aliphatic hydroxyl groups excluding tert-OH is 1. The Morgan fingerprint density at radius 3 is 2.89 bits per heavy atom. The van der Waals surface area contributed by atoms with E-state index in [1.54, 1.807) is 18.0 Å². The van der Waals surface area contributed by atoms with Crippen LogP contribution in [0.15, 0.2) is 6.20 Å². The summed E-state index contributed by atoms with van der Waals surface area (Å²) in [7, 11) is 0. The van der Waals surface area contributed by atoms with Crippen LogP contribution in [0.3, 0.4) is 0 Å². The fourth-order valence-electron chi connectivity index (χ4n) is 2.22. The van der Waals surface area contributed by atoms with E-state index in [-0.39, 0.29) is 22.6 Å². The maximum absolute atomic E-state index is 12.2. The number of rotatable bonds is 3. The zero-order valence-corrected chi connectivity index (χ0v) is 12.1. The molecule has 0 saturated carbocycles. The van der Waals surface area contributed by atoms with Gasteiger partial charge in [-0.05, 0) is 27.2 Å². The molecule has 2 heterocycles. The molecule has 0 aromatic carbocycles. The van der Waals surface area contributed by atoms with E-state index < -0.39 is 0 Å². The average molecular weight is 282 g/mol. The van der Waals surface area contributed by atoms with Crippen LogP contribution in [-0.2, 0) is 0 Å². The van der Waals surface area contributed by atoms with E-state index in [0.717, 1.165) is 0 Å². The molecule has 1 fully saturated rings. The second-order valence-corrected chi connectivity index (χ2v) is 6.37. The molecule has 1 aromatic heterocycles. The van der Waals surface area contributed by atoms with Crippen LogP contribution in [0, 0.1) is 6.92 Å². The minimum Gasteiger partial charge on any atom is -0.396 e. The second kappa shape index (κ2) is 4.97. The summed E-state index contributed by atoms with van der Waals surface area (Å²) in [5.41, 5.74) is 6.42. The Labute approximate surface area is 116 Å². The van der Waals surface area contributed by atoms with E-state index in [1.165, 1.54) is 11.8 Å². The summed E-state index contributed by atoms with van der Waals surface area (Å²) in [6, 6.07) is -0.0780. The fraction of sp³-hybridized carbons (Fsp3) is 0.583. The molecule has 1 aliphatic rings. The van der Waals surface area contributed by atoms with Gasteiger partial charge < -0.3 is 10.8 Å². The van der Waals surface area contributed by atoms with E-state index in [1.807, 2.05) is 13.8 Å². The van der Waals surface area contributed by atoms with Crippen molar-refractivity contribution in [1.82, 2.24) is 9.97 Å². The van der Waals surface area contributed by atoms with Gasteiger partial charge in [-0.25, -0.2) is 9.97 Å². The molecule has 0 spiro atoms. The Balaban J connectivity index is 2.37. The predicted molar refractivity (Wildman–Crippen MR) is 76.2 cm³/mol. The molecule has 2 unspecified atom stereocenters. The first-order valence-electron chi connectivity index (χ1n) is 6.11. The molecule has 1 amide bonds. The van der Waals surface area contributed by atoms with Crippen molar-refractivity contribution in [2.45, 2.75) is 38.0 Å². The van der Waals surface area contributed by atoms with E-state index in [0.29, 0.717) is 23.8 Å². The Bertz CT molecular complexity index is 511. The third kappa shape index (κ3) is 2.40. The van der Waals surface area contributed by atoms with Crippen molar-refractivity contribution in [2.24, 2.45) is 0 Å². The topological polar surface area (TPSA) is 92.3 Å². The minimum atomic E-state index is -0.330. The number of carbonyl (C=O) groups is 1. The molecule has 1 aliphatic heterocycles. The van der Waals surface area contributed by atoms with Crippen LogP contribution in [0.5, 0.6) is 0 Å². The van der Waals surface area contributed by atoms with E-state index in [4.69, 9.17) is 10.8 Å². The molecule has 1 aromatic rings. The summed E-state index contributed by atoms with van der Waals surface area (Å²) in [5.74, 6) is 0.882. The molecule has 0 radical (unpaired) electrons. The van der Waals surface area contributed by atoms with Gasteiger partial charge in [0.15, 0.2) is 5.82 Å². The van der Waals surface area contributed by atoms with Gasteiger partial charge >= 0.3 is 0 Å². The Hall–Kier alpha value is -1.34. The molecule has 0 aliphatic carbocycles. The summed E-state index contributed by atoms with van der Waals surface area (Å²) in [6.07, 6.45) is 2.13. The molecule has 2 rings (SSSR count). The van der Waals surface area contributed by atoms with Crippen LogP contribution in [0.25, 0.3) is 0 Å². The fourth-order valence-corrected chi connectivity index (χ4v) is 3.44. The van der Waals surface area contributed by atoms with Gasteiger partial charge in [0.05, 0.1) is 12.2 Å². The van der Waals surface area contributed by atoms with Gasteiger partial charge in [0.1, 0.15) is 11.5 Å². The van der Waals surface area contributed by atoms with Gasteiger partial charge in [-0.2, -0.15) is 0 Å². The highest BCUT2D eigenvalue weighted by Crippen LogP contribution is 2.46. The lowest BCUT2D eigenvalue weighted by Crippen LogP contribution is -2.41. The number of nitrogen functional groups attached to an aromatic ring is 1. The summed E-state index contributed by atoms with van der Waals surface area (Å²) < 4.78 is -0.330. The highest BCUT2D eigenvalue weighted by Gasteiger charge is 2.48. The Kier molecular flexibility index (Phi) is 3.69. The van der Waals surface area contributed by atoms with Gasteiger partial charge in [0.25, 0.3) is 5.24 Å². The third-order valence-electron chi connectivity index (χ3n) is 3.57. The van der Waals surface area contributed by atoms with Gasteiger partial charge in [-0.15, -0.1) is 0 Å². The molecular formula is C12H18N4O2S. The van der Waals surface area contributed by atoms with Crippen LogP contribution in [0.1, 0.15) is 26.1 Å². The number of nitrogens with two attached hydrogens (primary N) is 1. The number of amides is 1. The smallest absolute Gasteiger partial charge is 0.287 e. The number of aryl methyl sites for hydroxylation is 1. The number of carbonyl (C=O) groups excluding carboxylic acids is 1. The lowest BCUT2D eigenvalue weighted by atomic mass is 9.97. The normalized spacial score (nSPS) is 27.1. The molecular weight excluding hydrogens is 264 g/mol. The van der Waals surface area contributed by atoms with Crippen LogP contribution < -0.4 is 10.6 Å². The maximum Gasteiger partial charge on any atom is 0.287 e. The van der Waals surface area contributed by atoms with E-state index >= 15 is 0 Å². The largest absolute Gasteiger partial charge is 0.396 e. The van der Waals surface area contributed by atoms with Crippen molar-refractivity contribution in [1.29, 1.82) is 0 Å². The quantitative estimate of drug-likeness (QED) is 0.874. The van der Waals surface area contributed by atoms with Gasteiger partial charge in [-0.1, -0.05) is 11.8 Å². The van der Waals surface area contributed by atoms with Crippen LogP contribution in [0.4, 0.5) is 16.3 Å². The average Bonchev–Trinajstić information content (AvgIpc) is 2.52. The molecule has 104 valence electrons. The highest BCUT2D eigenvalue weighted by atomic mass is 32.2. The lowest BCUT2D eigenvalue weighted by molar-refractivity contribution is 0.259. The van der Waals surface area contributed by atoms with E-state index in [9.17, 15) is 4.79 Å². The molecule has 6 nitrogen and oxygen atoms in total. The predicted octanol–water partition coefficient (Wildman–Crippen LogP) is 1.57. The van der Waals surface area contributed by atoms with Crippen LogP contribution >= 0.6 is 11.8 Å². The second-order valence-electron chi connectivity index (χ2n) is 4.89. The van der Waals surface area contributed by atoms with Gasteiger partial charge in [0, 0.05) is 11.4 Å². The number of hydrogen-bond donors (Lipinski definition) is 2. The lowest BCUT2D eigenvalue weighted by Gasteiger charge is -2.30. The molecule has 2 atom stereocenters. The van der Waals surface area contributed by atoms with Crippen molar-refractivity contribution in [2.75, 3.05) is 17.2 Å². The first-order valence-corrected chi connectivity index (χ1v) is 6.93. The number of thioether (sulfide) groups is 1. The molecule has 3 N–H and O–H groups in total. The van der Waals surface area contributed by atoms with Crippen molar-refractivity contribution >= 4 is 28.5 Å². The number of hydrogen-bond acceptors (Lipinski definition) is 6. The first-order chi connectivity index (χ1) is 8.89. The summed E-state index contributed by atoms with van der Waals surface area (Å²) >= 11 is 1.23. The monoisotopic (exact) mass is 282 g/mol. The molecule has 7 heteroatoms.